The van der Waals surface area contributed by atoms with Gasteiger partial charge in [-0.25, -0.2) is 4.39 Å². The van der Waals surface area contributed by atoms with E-state index >= 15 is 0 Å². The van der Waals surface area contributed by atoms with E-state index in [1.807, 2.05) is 30.3 Å². The lowest BCUT2D eigenvalue weighted by Crippen LogP contribution is -2.56. The third kappa shape index (κ3) is 2.42. The van der Waals surface area contributed by atoms with Crippen LogP contribution in [-0.2, 0) is 12.2 Å². The number of nitrogens with zero attached hydrogens (tertiary/aromatic N) is 2. The van der Waals surface area contributed by atoms with Crippen LogP contribution in [0.3, 0.4) is 0 Å². The number of halogens is 2. The van der Waals surface area contributed by atoms with Gasteiger partial charge < -0.3 is 4.52 Å². The summed E-state index contributed by atoms with van der Waals surface area (Å²) in [7, 11) is 0. The lowest BCUT2D eigenvalue weighted by Gasteiger charge is -2.44. The molecule has 0 unspecified atom stereocenters. The molecule has 0 bridgehead atoms. The van der Waals surface area contributed by atoms with Crippen molar-refractivity contribution in [3.8, 4) is 0 Å². The molecule has 0 spiro atoms. The van der Waals surface area contributed by atoms with Crippen molar-refractivity contribution in [3.63, 3.8) is 0 Å². The van der Waals surface area contributed by atoms with Crippen LogP contribution in [0.1, 0.15) is 35.6 Å². The molecule has 1 aromatic carbocycles. The molecule has 0 atom stereocenters. The van der Waals surface area contributed by atoms with Gasteiger partial charge in [-0.1, -0.05) is 35.5 Å². The van der Waals surface area contributed by atoms with Crippen molar-refractivity contribution in [3.05, 3.63) is 51.8 Å². The third-order valence-corrected chi connectivity index (χ3v) is 4.96. The summed E-state index contributed by atoms with van der Waals surface area (Å²) in [5, 5.41) is 4.01. The first-order valence-corrected chi connectivity index (χ1v) is 8.06. The van der Waals surface area contributed by atoms with Crippen molar-refractivity contribution in [2.24, 2.45) is 0 Å². The maximum Gasteiger partial charge on any atom is 0.161 e. The van der Waals surface area contributed by atoms with Gasteiger partial charge in [0.15, 0.2) is 10.3 Å². The number of hydrogen-bond acceptors (Lipinski definition) is 3. The SMILES string of the molecule is FC1(c2ccccc2)CN(Cc2c(Br)noc2C2CC2)C1. The summed E-state index contributed by atoms with van der Waals surface area (Å²) in [6.45, 7) is 1.56. The van der Waals surface area contributed by atoms with Gasteiger partial charge in [0, 0.05) is 31.1 Å². The normalized spacial score (nSPS) is 21.2. The van der Waals surface area contributed by atoms with E-state index in [2.05, 4.69) is 26.0 Å². The molecule has 1 aliphatic carbocycles. The fourth-order valence-corrected chi connectivity index (χ4v) is 3.42. The Morgan fingerprint density at radius 2 is 2.00 bits per heavy atom. The van der Waals surface area contributed by atoms with Crippen LogP contribution in [0.5, 0.6) is 0 Å². The van der Waals surface area contributed by atoms with Crippen LogP contribution in [0, 0.1) is 0 Å². The fraction of sp³-hybridized carbons (Fsp3) is 0.438. The molecule has 2 aromatic rings. The molecule has 0 N–H and O–H groups in total. The molecule has 110 valence electrons. The van der Waals surface area contributed by atoms with Gasteiger partial charge in [0.05, 0.1) is 0 Å². The predicted octanol–water partition coefficient (Wildman–Crippen LogP) is 4.00. The largest absolute Gasteiger partial charge is 0.360 e. The number of benzene rings is 1. The molecule has 1 aromatic heterocycles. The number of alkyl halides is 1. The zero-order valence-corrected chi connectivity index (χ0v) is 13.1. The van der Waals surface area contributed by atoms with Gasteiger partial charge in [0.25, 0.3) is 0 Å². The molecule has 1 saturated heterocycles. The Balaban J connectivity index is 1.46. The predicted molar refractivity (Wildman–Crippen MR) is 80.7 cm³/mol. The molecule has 2 aliphatic rings. The molecule has 2 heterocycles. The van der Waals surface area contributed by atoms with Gasteiger partial charge in [-0.2, -0.15) is 0 Å². The van der Waals surface area contributed by atoms with Crippen LogP contribution < -0.4 is 0 Å². The van der Waals surface area contributed by atoms with Crippen LogP contribution in [-0.4, -0.2) is 23.1 Å². The summed E-state index contributed by atoms with van der Waals surface area (Å²) in [5.41, 5.74) is 0.644. The lowest BCUT2D eigenvalue weighted by molar-refractivity contribution is -0.0420. The van der Waals surface area contributed by atoms with E-state index in [1.165, 1.54) is 12.8 Å². The summed E-state index contributed by atoms with van der Waals surface area (Å²) in [6, 6.07) is 9.42. The maximum absolute atomic E-state index is 14.8. The quantitative estimate of drug-likeness (QED) is 0.834. The van der Waals surface area contributed by atoms with Crippen molar-refractivity contribution < 1.29 is 8.91 Å². The number of likely N-dealkylation sites (tertiary alicyclic amines) is 1. The van der Waals surface area contributed by atoms with Gasteiger partial charge in [-0.3, -0.25) is 4.90 Å². The van der Waals surface area contributed by atoms with Gasteiger partial charge in [-0.05, 0) is 34.3 Å². The van der Waals surface area contributed by atoms with Crippen molar-refractivity contribution >= 4 is 15.9 Å². The Bertz CT molecular complexity index is 648. The monoisotopic (exact) mass is 350 g/mol. The highest BCUT2D eigenvalue weighted by atomic mass is 79.9. The second-order valence-electron chi connectivity index (χ2n) is 6.07. The summed E-state index contributed by atoms with van der Waals surface area (Å²) >= 11 is 3.44. The maximum atomic E-state index is 14.8. The first-order chi connectivity index (χ1) is 10.2. The molecule has 2 fully saturated rings. The molecule has 21 heavy (non-hydrogen) atoms. The number of aromatic nitrogens is 1. The van der Waals surface area contributed by atoms with E-state index in [4.69, 9.17) is 4.52 Å². The molecule has 1 aliphatic heterocycles. The van der Waals surface area contributed by atoms with E-state index in [0.29, 0.717) is 25.6 Å². The fourth-order valence-electron chi connectivity index (χ4n) is 3.03. The Morgan fingerprint density at radius 3 is 2.67 bits per heavy atom. The lowest BCUT2D eigenvalue weighted by atomic mass is 9.87. The Labute approximate surface area is 131 Å². The molecule has 5 heteroatoms. The minimum Gasteiger partial charge on any atom is -0.360 e. The summed E-state index contributed by atoms with van der Waals surface area (Å²) in [6.07, 6.45) is 2.34. The van der Waals surface area contributed by atoms with Gasteiger partial charge >= 0.3 is 0 Å². The third-order valence-electron chi connectivity index (χ3n) is 4.34. The highest BCUT2D eigenvalue weighted by molar-refractivity contribution is 9.10. The molecule has 1 saturated carbocycles. The highest BCUT2D eigenvalue weighted by Gasteiger charge is 2.45. The van der Waals surface area contributed by atoms with Crippen molar-refractivity contribution in [2.75, 3.05) is 13.1 Å². The second-order valence-corrected chi connectivity index (χ2v) is 6.82. The minimum absolute atomic E-state index is 0.429. The van der Waals surface area contributed by atoms with Gasteiger partial charge in [0.1, 0.15) is 5.76 Å². The summed E-state index contributed by atoms with van der Waals surface area (Å²) in [4.78, 5) is 2.11. The van der Waals surface area contributed by atoms with Crippen LogP contribution in [0.4, 0.5) is 4.39 Å². The average molecular weight is 351 g/mol. The van der Waals surface area contributed by atoms with Gasteiger partial charge in [-0.15, -0.1) is 0 Å². The van der Waals surface area contributed by atoms with Crippen LogP contribution in [0.15, 0.2) is 39.5 Å². The Morgan fingerprint density at radius 1 is 1.29 bits per heavy atom. The number of hydrogen-bond donors (Lipinski definition) is 0. The Kier molecular flexibility index (Phi) is 3.15. The first-order valence-electron chi connectivity index (χ1n) is 7.26. The van der Waals surface area contributed by atoms with E-state index < -0.39 is 5.67 Å². The average Bonchev–Trinajstić information content (AvgIpc) is 3.24. The standard InChI is InChI=1S/C16H16BrFN2O/c17-15-13(14(21-19-15)11-6-7-11)8-20-9-16(18,10-20)12-4-2-1-3-5-12/h1-5,11H,6-10H2. The second kappa shape index (κ2) is 4.92. The summed E-state index contributed by atoms with van der Waals surface area (Å²) in [5.74, 6) is 1.50. The molecule has 3 nitrogen and oxygen atoms in total. The van der Waals surface area contributed by atoms with Crippen LogP contribution in [0.25, 0.3) is 0 Å². The van der Waals surface area contributed by atoms with Crippen molar-refractivity contribution in [1.29, 1.82) is 0 Å². The van der Waals surface area contributed by atoms with Crippen molar-refractivity contribution in [2.45, 2.75) is 31.0 Å². The number of rotatable bonds is 4. The minimum atomic E-state index is -1.22. The molecule has 0 amide bonds. The molecule has 0 radical (unpaired) electrons. The van der Waals surface area contributed by atoms with E-state index in [1.54, 1.807) is 0 Å². The van der Waals surface area contributed by atoms with E-state index in [-0.39, 0.29) is 0 Å². The van der Waals surface area contributed by atoms with Crippen LogP contribution >= 0.6 is 15.9 Å². The van der Waals surface area contributed by atoms with Crippen LogP contribution in [0.2, 0.25) is 0 Å². The van der Waals surface area contributed by atoms with E-state index in [9.17, 15) is 4.39 Å². The van der Waals surface area contributed by atoms with E-state index in [0.717, 1.165) is 21.5 Å². The zero-order valence-electron chi connectivity index (χ0n) is 11.6. The topological polar surface area (TPSA) is 29.3 Å². The molecular formula is C16H16BrFN2O. The van der Waals surface area contributed by atoms with Crippen molar-refractivity contribution in [1.82, 2.24) is 10.1 Å². The zero-order chi connectivity index (χ0) is 14.4. The molecular weight excluding hydrogens is 335 g/mol. The first kappa shape index (κ1) is 13.5. The highest BCUT2D eigenvalue weighted by Crippen LogP contribution is 2.44. The van der Waals surface area contributed by atoms with Gasteiger partial charge in [0.2, 0.25) is 0 Å². The molecule has 4 rings (SSSR count). The smallest absolute Gasteiger partial charge is 0.161 e. The summed E-state index contributed by atoms with van der Waals surface area (Å²) < 4.78 is 21.0. The Hall–Kier alpha value is -1.20.